The van der Waals surface area contributed by atoms with Crippen molar-refractivity contribution in [2.45, 2.75) is 39.0 Å². The molecule has 2 aromatic carbocycles. The van der Waals surface area contributed by atoms with Crippen LogP contribution >= 0.6 is 0 Å². The van der Waals surface area contributed by atoms with Crippen molar-refractivity contribution in [2.24, 2.45) is 0 Å². The number of ether oxygens (including phenoxy) is 13. The molecule has 3 heterocycles. The van der Waals surface area contributed by atoms with E-state index >= 15 is 0 Å². The summed E-state index contributed by atoms with van der Waals surface area (Å²) < 4.78 is 124. The average molecular weight is 1160 g/mol. The number of nitrogens with one attached hydrogen (secondary N) is 1. The summed E-state index contributed by atoms with van der Waals surface area (Å²) in [7, 11) is 1.62. The van der Waals surface area contributed by atoms with E-state index < -0.39 is 41.4 Å². The van der Waals surface area contributed by atoms with Crippen molar-refractivity contribution in [1.82, 2.24) is 24.8 Å². The summed E-state index contributed by atoms with van der Waals surface area (Å²) in [6.45, 7) is 15.4. The number of methoxy groups -OCH3 is 1. The number of aromatic amines is 1. The summed E-state index contributed by atoms with van der Waals surface area (Å²) in [5.41, 5.74) is 9.97. The van der Waals surface area contributed by atoms with Crippen LogP contribution in [0.25, 0.3) is 21.9 Å². The molecule has 1 aliphatic heterocycles. The van der Waals surface area contributed by atoms with Gasteiger partial charge in [0.1, 0.15) is 22.7 Å². The maximum atomic E-state index is 13.6. The third-order valence-corrected chi connectivity index (χ3v) is 12.5. The third kappa shape index (κ3) is 25.6. The molecular weight excluding hydrogens is 1070 g/mol. The van der Waals surface area contributed by atoms with Gasteiger partial charge in [-0.3, -0.25) is 14.5 Å². The summed E-state index contributed by atoms with van der Waals surface area (Å²) >= 11 is 0. The van der Waals surface area contributed by atoms with Crippen LogP contribution in [0.15, 0.2) is 24.3 Å². The maximum absolute atomic E-state index is 13.6. The Bertz CT molecular complexity index is 2360. The molecule has 3 N–H and O–H groups in total. The van der Waals surface area contributed by atoms with Crippen molar-refractivity contribution in [3.05, 3.63) is 53.4 Å². The molecule has 1 aliphatic rings. The molecule has 22 nitrogen and oxygen atoms in total. The number of carbonyl (C=O) groups excluding carboxylic acids is 2. The Hall–Kier alpha value is -4.94. The first-order valence-corrected chi connectivity index (χ1v) is 27.8. The van der Waals surface area contributed by atoms with Gasteiger partial charge in [-0.25, -0.2) is 18.7 Å². The van der Waals surface area contributed by atoms with Gasteiger partial charge in [-0.15, -0.1) is 0 Å². The second-order valence-electron chi connectivity index (χ2n) is 18.4. The highest BCUT2D eigenvalue weighted by atomic mass is 19.2. The fourth-order valence-corrected chi connectivity index (χ4v) is 8.08. The number of pyridine rings is 1. The first kappa shape index (κ1) is 66.9. The normalized spacial score (nSPS) is 13.1. The number of benzene rings is 2. The maximum Gasteiger partial charge on any atom is 0.313 e. The van der Waals surface area contributed by atoms with Crippen LogP contribution in [-0.4, -0.2) is 242 Å². The molecule has 0 aliphatic carbocycles. The molecule has 1 saturated heterocycles. The predicted octanol–water partition coefficient (Wildman–Crippen LogP) is 4.76. The van der Waals surface area contributed by atoms with Gasteiger partial charge < -0.3 is 82.1 Å². The molecule has 5 rings (SSSR count). The van der Waals surface area contributed by atoms with E-state index in [1.54, 1.807) is 12.0 Å². The number of nitrogens with zero attached hydrogens (tertiary/aromatic N) is 5. The first-order valence-electron chi connectivity index (χ1n) is 27.8. The number of fused-ring (bicyclic) bond motifs is 3. The zero-order valence-corrected chi connectivity index (χ0v) is 47.0. The molecule has 0 bridgehead atoms. The molecule has 4 aromatic rings. The van der Waals surface area contributed by atoms with Crippen LogP contribution in [0.4, 0.5) is 29.1 Å². The topological polar surface area (TPSA) is 231 Å². The van der Waals surface area contributed by atoms with Crippen LogP contribution in [0.5, 0.6) is 5.75 Å². The lowest BCUT2D eigenvalue weighted by atomic mass is 10.1. The number of hydrogen-bond acceptors (Lipinski definition) is 20. The fraction of sp³-hybridized carbons (Fsp3) is 0.673. The quantitative estimate of drug-likeness (QED) is 0.0200. The molecule has 0 radical (unpaired) electrons. The number of imidazole rings is 1. The highest BCUT2D eigenvalue weighted by Gasteiger charge is 2.24. The van der Waals surface area contributed by atoms with Gasteiger partial charge in [0.2, 0.25) is 23.3 Å². The number of hydrogen-bond donors (Lipinski definition) is 2. The predicted molar refractivity (Wildman–Crippen MR) is 292 cm³/mol. The number of anilines is 2. The summed E-state index contributed by atoms with van der Waals surface area (Å²) in [5.74, 6) is -8.15. The number of piperazine rings is 1. The van der Waals surface area contributed by atoms with Crippen LogP contribution in [0.3, 0.4) is 0 Å². The van der Waals surface area contributed by atoms with Crippen molar-refractivity contribution in [3.63, 3.8) is 0 Å². The van der Waals surface area contributed by atoms with E-state index in [1.165, 1.54) is 0 Å². The smallest absolute Gasteiger partial charge is 0.313 e. The van der Waals surface area contributed by atoms with E-state index in [-0.39, 0.29) is 51.4 Å². The summed E-state index contributed by atoms with van der Waals surface area (Å²) in [5, 5.41) is 1.00. The van der Waals surface area contributed by atoms with Gasteiger partial charge in [0, 0.05) is 76.5 Å². The Morgan fingerprint density at radius 3 is 1.60 bits per heavy atom. The van der Waals surface area contributed by atoms with E-state index in [2.05, 4.69) is 43.6 Å². The van der Waals surface area contributed by atoms with Crippen LogP contribution in [0.2, 0.25) is 0 Å². The molecule has 456 valence electrons. The molecular formula is C55H83F4N7O15. The number of amides is 1. The summed E-state index contributed by atoms with van der Waals surface area (Å²) in [4.78, 5) is 44.5. The minimum Gasteiger partial charge on any atom is -0.420 e. The van der Waals surface area contributed by atoms with Crippen molar-refractivity contribution >= 4 is 45.3 Å². The number of esters is 1. The zero-order valence-electron chi connectivity index (χ0n) is 47.0. The Labute approximate surface area is 471 Å². The second-order valence-corrected chi connectivity index (χ2v) is 18.4. The van der Waals surface area contributed by atoms with Crippen molar-refractivity contribution in [1.29, 1.82) is 0 Å². The van der Waals surface area contributed by atoms with Crippen molar-refractivity contribution in [2.75, 3.05) is 216 Å². The Balaban J connectivity index is 0.824. The largest absolute Gasteiger partial charge is 0.420 e. The minimum absolute atomic E-state index is 0.0170. The van der Waals surface area contributed by atoms with Gasteiger partial charge in [-0.1, -0.05) is 13.3 Å². The van der Waals surface area contributed by atoms with Gasteiger partial charge >= 0.3 is 5.97 Å². The highest BCUT2D eigenvalue weighted by Crippen LogP contribution is 2.31. The molecule has 1 amide bonds. The number of H-pyrrole nitrogens is 1. The highest BCUT2D eigenvalue weighted by molar-refractivity contribution is 6.07. The van der Waals surface area contributed by atoms with Gasteiger partial charge in [0.05, 0.1) is 170 Å². The van der Waals surface area contributed by atoms with Crippen LogP contribution < -0.4 is 15.4 Å². The fourth-order valence-electron chi connectivity index (χ4n) is 8.08. The van der Waals surface area contributed by atoms with Crippen molar-refractivity contribution < 1.29 is 88.7 Å². The van der Waals surface area contributed by atoms with Gasteiger partial charge in [-0.2, -0.15) is 8.78 Å². The second kappa shape index (κ2) is 40.3. The lowest BCUT2D eigenvalue weighted by molar-refractivity contribution is -0.136. The molecule has 1 fully saturated rings. The standard InChI is InChI=1S/C55H83F4N7O15/c1-3-4-5-47-62-52-43-40-42(6-7-46(43)61-55(60)53(52)63-47)65-12-10-64(11-13-65)14-19-72-20-15-66(48(67)8-17-70-24-27-74-23-22-69-2)16-21-73-26-29-76-31-33-78-35-37-80-39-38-79-36-34-77-32-30-75-28-25-71-18-9-49(68)81-54-50(58)44(56)41-45(57)51(54)59/h6-7,40-41H,3-5,8-39H2,1-2H3,(H2,60,61)(H,62,63). The number of aromatic nitrogens is 3. The summed E-state index contributed by atoms with van der Waals surface area (Å²) in [6.07, 6.45) is 2.85. The zero-order chi connectivity index (χ0) is 57.7. The minimum atomic E-state index is -1.80. The molecule has 2 aromatic heterocycles. The number of halogens is 4. The van der Waals surface area contributed by atoms with Gasteiger partial charge in [0.25, 0.3) is 0 Å². The number of aryl methyl sites for hydroxylation is 1. The van der Waals surface area contributed by atoms with E-state index in [0.29, 0.717) is 138 Å². The number of unbranched alkanes of at least 4 members (excludes halogenated alkanes) is 1. The number of nitrogens with two attached hydrogens (primary N) is 1. The first-order chi connectivity index (χ1) is 39.6. The van der Waals surface area contributed by atoms with Gasteiger partial charge in [0.15, 0.2) is 11.6 Å². The van der Waals surface area contributed by atoms with Crippen molar-refractivity contribution in [3.8, 4) is 5.75 Å². The molecule has 0 saturated carbocycles. The molecule has 0 atom stereocenters. The van der Waals surface area contributed by atoms with Crippen LogP contribution in [0.1, 0.15) is 38.4 Å². The van der Waals surface area contributed by atoms with Crippen LogP contribution in [0, 0.1) is 23.3 Å². The molecule has 81 heavy (non-hydrogen) atoms. The van der Waals surface area contributed by atoms with E-state index in [1.807, 2.05) is 6.07 Å². The molecule has 26 heteroatoms. The summed E-state index contributed by atoms with van der Waals surface area (Å²) in [6, 6.07) is 6.35. The van der Waals surface area contributed by atoms with E-state index in [0.717, 1.165) is 85.4 Å². The molecule has 0 unspecified atom stereocenters. The lowest BCUT2D eigenvalue weighted by Gasteiger charge is -2.36. The Kier molecular flexibility index (Phi) is 33.3. The SMILES string of the molecule is CCCCc1nc2c([nH]1)c(N)nc1ccc(N3CCN(CCOCCN(CCOCCOCCOCCOCCOCCOCCOCCOCCC(=O)Oc4c(F)c(F)cc(F)c4F)C(=O)CCOCCOCCOC)CC3)cc12. The van der Waals surface area contributed by atoms with E-state index in [9.17, 15) is 27.2 Å². The lowest BCUT2D eigenvalue weighted by Crippen LogP contribution is -2.47. The Morgan fingerprint density at radius 1 is 0.605 bits per heavy atom. The van der Waals surface area contributed by atoms with Gasteiger partial charge in [-0.05, 0) is 24.6 Å². The monoisotopic (exact) mass is 1160 g/mol. The Morgan fingerprint density at radius 2 is 1.09 bits per heavy atom. The number of carbonyl (C=O) groups is 2. The van der Waals surface area contributed by atoms with E-state index in [4.69, 9.17) is 67.6 Å². The third-order valence-electron chi connectivity index (χ3n) is 12.5. The number of rotatable bonds is 47. The number of nitrogen functional groups attached to an aromatic ring is 1. The average Bonchev–Trinajstić information content (AvgIpc) is 3.99. The molecule has 0 spiro atoms. The van der Waals surface area contributed by atoms with Crippen LogP contribution in [-0.2, 0) is 72.9 Å².